The fourth-order valence-corrected chi connectivity index (χ4v) is 6.06. The number of hydrogen-bond donors (Lipinski definition) is 2. The summed E-state index contributed by atoms with van der Waals surface area (Å²) < 4.78 is 30.2. The maximum absolute atomic E-state index is 15.1. The maximum atomic E-state index is 15.1. The van der Waals surface area contributed by atoms with Gasteiger partial charge in [0.05, 0.1) is 18.0 Å². The fourth-order valence-electron chi connectivity index (χ4n) is 6.06. The van der Waals surface area contributed by atoms with Crippen molar-refractivity contribution >= 4 is 11.9 Å². The Labute approximate surface area is 203 Å². The van der Waals surface area contributed by atoms with Crippen molar-refractivity contribution in [1.82, 2.24) is 20.1 Å². The number of halogens is 2. The highest BCUT2D eigenvalue weighted by molar-refractivity contribution is 5.83. The molecule has 10 heteroatoms. The number of alkyl halides is 2. The molecule has 3 amide bonds. The molecule has 0 aromatic carbocycles. The van der Waals surface area contributed by atoms with Crippen LogP contribution >= 0.6 is 0 Å². The molecule has 0 bridgehead atoms. The van der Waals surface area contributed by atoms with E-state index in [0.717, 1.165) is 25.9 Å². The van der Waals surface area contributed by atoms with Crippen LogP contribution in [0.25, 0.3) is 0 Å². The van der Waals surface area contributed by atoms with E-state index in [0.29, 0.717) is 25.4 Å². The van der Waals surface area contributed by atoms with Crippen LogP contribution in [0.4, 0.5) is 13.6 Å². The van der Waals surface area contributed by atoms with Gasteiger partial charge in [-0.15, -0.1) is 0 Å². The van der Waals surface area contributed by atoms with Crippen molar-refractivity contribution in [3.63, 3.8) is 0 Å². The van der Waals surface area contributed by atoms with Crippen LogP contribution in [0.5, 0.6) is 0 Å². The summed E-state index contributed by atoms with van der Waals surface area (Å²) in [7, 11) is 0. The van der Waals surface area contributed by atoms with Gasteiger partial charge in [-0.05, 0) is 70.2 Å². The predicted molar refractivity (Wildman–Crippen MR) is 123 cm³/mol. The third kappa shape index (κ3) is 4.58. The van der Waals surface area contributed by atoms with Crippen LogP contribution in [-0.2, 0) is 10.7 Å². The Kier molecular flexibility index (Phi) is 5.94. The summed E-state index contributed by atoms with van der Waals surface area (Å²) in [4.78, 5) is 33.6. The number of nitrogens with zero attached hydrogens (tertiary/aromatic N) is 4. The number of carbonyl (C=O) groups is 2. The molecule has 2 saturated heterocycles. The standard InChI is InChI=1S/C25H32F2N6O2/c26-25(27,17-4-11-30-12-5-17)6-3-19(21(34)31-24(15-28)7-8-24)20-23(16-33(20)22(29)35)9-13-32(14-10-23)18-1-2-18/h4-5,11-12,18-20H,1-3,6-10,13-14,16H2,(H2,29,35)(H,31,34)/t19-,20?/m0/s1. The Morgan fingerprint density at radius 2 is 1.89 bits per heavy atom. The molecule has 2 aliphatic heterocycles. The normalized spacial score (nSPS) is 25.9. The average Bonchev–Trinajstić information content (AvgIpc) is 3.77. The van der Waals surface area contributed by atoms with E-state index in [9.17, 15) is 14.9 Å². The number of primary amides is 1. The van der Waals surface area contributed by atoms with E-state index in [2.05, 4.69) is 21.3 Å². The number of hydrogen-bond acceptors (Lipinski definition) is 5. The van der Waals surface area contributed by atoms with Gasteiger partial charge in [0.1, 0.15) is 5.54 Å². The number of nitriles is 1. The molecule has 1 aromatic heterocycles. The quantitative estimate of drug-likeness (QED) is 0.586. The highest BCUT2D eigenvalue weighted by atomic mass is 19.3. The Balaban J connectivity index is 1.39. The lowest BCUT2D eigenvalue weighted by molar-refractivity contribution is -0.146. The third-order valence-electron chi connectivity index (χ3n) is 8.50. The molecule has 4 aliphatic rings. The molecule has 188 valence electrons. The summed E-state index contributed by atoms with van der Waals surface area (Å²) >= 11 is 0. The topological polar surface area (TPSA) is 115 Å². The van der Waals surface area contributed by atoms with Crippen LogP contribution in [0, 0.1) is 22.7 Å². The van der Waals surface area contributed by atoms with Crippen LogP contribution in [-0.4, -0.2) is 64.0 Å². The molecule has 3 heterocycles. The van der Waals surface area contributed by atoms with Gasteiger partial charge in [-0.3, -0.25) is 9.78 Å². The van der Waals surface area contributed by atoms with E-state index >= 15 is 8.78 Å². The van der Waals surface area contributed by atoms with Crippen molar-refractivity contribution < 1.29 is 18.4 Å². The molecule has 1 unspecified atom stereocenters. The van der Waals surface area contributed by atoms with Crippen molar-refractivity contribution in [2.75, 3.05) is 19.6 Å². The Morgan fingerprint density at radius 1 is 1.23 bits per heavy atom. The summed E-state index contributed by atoms with van der Waals surface area (Å²) in [6.07, 6.45) is 7.05. The van der Waals surface area contributed by atoms with Gasteiger partial charge in [-0.1, -0.05) is 0 Å². The van der Waals surface area contributed by atoms with Crippen LogP contribution < -0.4 is 11.1 Å². The smallest absolute Gasteiger partial charge is 0.315 e. The number of likely N-dealkylation sites (tertiary alicyclic amines) is 2. The molecule has 2 saturated carbocycles. The second kappa shape index (κ2) is 8.70. The van der Waals surface area contributed by atoms with Crippen molar-refractivity contribution in [2.45, 2.75) is 74.9 Å². The Morgan fingerprint density at radius 3 is 2.43 bits per heavy atom. The first-order valence-corrected chi connectivity index (χ1v) is 12.5. The maximum Gasteiger partial charge on any atom is 0.315 e. The minimum absolute atomic E-state index is 0.120. The second-order valence-electron chi connectivity index (χ2n) is 10.8. The Hall–Kier alpha value is -2.80. The summed E-state index contributed by atoms with van der Waals surface area (Å²) in [5, 5.41) is 12.3. The van der Waals surface area contributed by atoms with Gasteiger partial charge in [0.15, 0.2) is 0 Å². The highest BCUT2D eigenvalue weighted by Crippen LogP contribution is 2.52. The molecule has 1 aromatic rings. The number of rotatable bonds is 8. The van der Waals surface area contributed by atoms with Crippen molar-refractivity contribution in [3.05, 3.63) is 30.1 Å². The van der Waals surface area contributed by atoms with Gasteiger partial charge < -0.3 is 20.9 Å². The molecule has 4 fully saturated rings. The summed E-state index contributed by atoms with van der Waals surface area (Å²) in [6, 6.07) is 4.14. The lowest BCUT2D eigenvalue weighted by Gasteiger charge is -2.62. The van der Waals surface area contributed by atoms with E-state index in [1.54, 1.807) is 0 Å². The average molecular weight is 487 g/mol. The van der Waals surface area contributed by atoms with Gasteiger partial charge in [0.25, 0.3) is 5.92 Å². The van der Waals surface area contributed by atoms with E-state index in [1.165, 1.54) is 42.3 Å². The molecule has 0 radical (unpaired) electrons. The molecule has 3 N–H and O–H groups in total. The lowest BCUT2D eigenvalue weighted by atomic mass is 9.60. The molecular weight excluding hydrogens is 454 g/mol. The number of carbonyl (C=O) groups excluding carboxylic acids is 2. The van der Waals surface area contributed by atoms with Crippen molar-refractivity contribution in [1.29, 1.82) is 5.26 Å². The zero-order chi connectivity index (χ0) is 24.8. The molecule has 2 aliphatic carbocycles. The second-order valence-corrected chi connectivity index (χ2v) is 10.8. The SMILES string of the molecule is N#CC1(NC(=O)[C@@H](CCC(F)(F)c2ccncc2)C2N(C(N)=O)CC23CCN(C2CC2)CC3)CC1. The monoisotopic (exact) mass is 486 g/mol. The zero-order valence-electron chi connectivity index (χ0n) is 19.8. The number of aromatic nitrogens is 1. The predicted octanol–water partition coefficient (Wildman–Crippen LogP) is 2.75. The van der Waals surface area contributed by atoms with Crippen LogP contribution in [0.2, 0.25) is 0 Å². The number of amides is 3. The zero-order valence-corrected chi connectivity index (χ0v) is 19.8. The molecule has 1 spiro atoms. The molecule has 5 rings (SSSR count). The van der Waals surface area contributed by atoms with Crippen LogP contribution in [0.15, 0.2) is 24.5 Å². The van der Waals surface area contributed by atoms with Gasteiger partial charge in [0, 0.05) is 42.4 Å². The van der Waals surface area contributed by atoms with E-state index in [-0.39, 0.29) is 17.4 Å². The van der Waals surface area contributed by atoms with Crippen LogP contribution in [0.3, 0.4) is 0 Å². The number of nitrogens with two attached hydrogens (primary N) is 1. The molecule has 2 atom stereocenters. The summed E-state index contributed by atoms with van der Waals surface area (Å²) in [5.74, 6) is -4.46. The highest BCUT2D eigenvalue weighted by Gasteiger charge is 2.60. The number of nitrogens with one attached hydrogen (secondary N) is 1. The molecule has 35 heavy (non-hydrogen) atoms. The summed E-state index contributed by atoms with van der Waals surface area (Å²) in [6.45, 7) is 2.19. The summed E-state index contributed by atoms with van der Waals surface area (Å²) in [5.41, 5.74) is 4.28. The third-order valence-corrected chi connectivity index (χ3v) is 8.50. The van der Waals surface area contributed by atoms with Gasteiger partial charge in [-0.2, -0.15) is 5.26 Å². The lowest BCUT2D eigenvalue weighted by Crippen LogP contribution is -2.73. The van der Waals surface area contributed by atoms with Gasteiger partial charge >= 0.3 is 6.03 Å². The Bertz CT molecular complexity index is 1010. The molecular formula is C25H32F2N6O2. The van der Waals surface area contributed by atoms with E-state index in [1.807, 2.05) is 0 Å². The van der Waals surface area contributed by atoms with Crippen molar-refractivity contribution in [2.24, 2.45) is 17.1 Å². The van der Waals surface area contributed by atoms with Gasteiger partial charge in [-0.25, -0.2) is 13.6 Å². The van der Waals surface area contributed by atoms with Crippen LogP contribution in [0.1, 0.15) is 56.9 Å². The number of piperidine rings is 1. The first-order valence-electron chi connectivity index (χ1n) is 12.5. The largest absolute Gasteiger partial charge is 0.351 e. The minimum atomic E-state index is -3.15. The van der Waals surface area contributed by atoms with E-state index < -0.39 is 41.8 Å². The first-order chi connectivity index (χ1) is 16.7. The molecule has 8 nitrogen and oxygen atoms in total. The first kappa shape index (κ1) is 23.9. The number of pyridine rings is 1. The fraction of sp³-hybridized carbons (Fsp3) is 0.680. The van der Waals surface area contributed by atoms with Crippen molar-refractivity contribution in [3.8, 4) is 6.07 Å². The van der Waals surface area contributed by atoms with Gasteiger partial charge in [0.2, 0.25) is 5.91 Å². The van der Waals surface area contributed by atoms with E-state index in [4.69, 9.17) is 5.73 Å². The number of urea groups is 1. The minimum Gasteiger partial charge on any atom is -0.351 e.